The lowest BCUT2D eigenvalue weighted by Gasteiger charge is -2.22. The second kappa shape index (κ2) is 8.02. The second-order valence-electron chi connectivity index (χ2n) is 6.25. The molecule has 0 spiro atoms. The van der Waals surface area contributed by atoms with Gasteiger partial charge in [-0.25, -0.2) is 9.78 Å². The van der Waals surface area contributed by atoms with Gasteiger partial charge in [-0.3, -0.25) is 0 Å². The van der Waals surface area contributed by atoms with Crippen molar-refractivity contribution >= 4 is 6.09 Å². The van der Waals surface area contributed by atoms with Gasteiger partial charge in [0.2, 0.25) is 0 Å². The standard InChI is InChI=1S/C15H28N4O2/c1-6-7-12(8-18-14(20)21-15(2,3)4)17-10-13-9-16-11-19(13)5/h9,11-12,17H,6-8,10H2,1-5H3,(H,18,20). The molecule has 0 aliphatic rings. The predicted molar refractivity (Wildman–Crippen MR) is 83.0 cm³/mol. The number of hydrogen-bond acceptors (Lipinski definition) is 4. The van der Waals surface area contributed by atoms with E-state index >= 15 is 0 Å². The molecule has 1 unspecified atom stereocenters. The van der Waals surface area contributed by atoms with Crippen molar-refractivity contribution in [3.63, 3.8) is 0 Å². The summed E-state index contributed by atoms with van der Waals surface area (Å²) in [5.41, 5.74) is 0.653. The Morgan fingerprint density at radius 1 is 1.48 bits per heavy atom. The van der Waals surface area contributed by atoms with Crippen LogP contribution in [0.25, 0.3) is 0 Å². The normalized spacial score (nSPS) is 13.0. The SMILES string of the molecule is CCCC(CNC(=O)OC(C)(C)C)NCc1cncn1C. The average molecular weight is 296 g/mol. The summed E-state index contributed by atoms with van der Waals surface area (Å²) >= 11 is 0. The Balaban J connectivity index is 2.39. The molecule has 2 N–H and O–H groups in total. The van der Waals surface area contributed by atoms with E-state index in [-0.39, 0.29) is 12.1 Å². The molecule has 0 radical (unpaired) electrons. The number of imidazole rings is 1. The van der Waals surface area contributed by atoms with Gasteiger partial charge in [0.25, 0.3) is 0 Å². The largest absolute Gasteiger partial charge is 0.444 e. The average Bonchev–Trinajstić information content (AvgIpc) is 2.76. The molecule has 120 valence electrons. The van der Waals surface area contributed by atoms with Crippen LogP contribution in [0.3, 0.4) is 0 Å². The predicted octanol–water partition coefficient (Wildman–Crippen LogP) is 2.20. The van der Waals surface area contributed by atoms with Crippen molar-refractivity contribution < 1.29 is 9.53 Å². The van der Waals surface area contributed by atoms with Crippen molar-refractivity contribution in [2.45, 2.75) is 58.7 Å². The van der Waals surface area contributed by atoms with Crippen LogP contribution in [0.1, 0.15) is 46.2 Å². The van der Waals surface area contributed by atoms with E-state index in [1.54, 1.807) is 6.33 Å². The zero-order valence-electron chi connectivity index (χ0n) is 13.8. The van der Waals surface area contributed by atoms with E-state index < -0.39 is 5.60 Å². The molecule has 1 heterocycles. The van der Waals surface area contributed by atoms with Gasteiger partial charge in [-0.15, -0.1) is 0 Å². The molecular weight excluding hydrogens is 268 g/mol. The molecule has 0 bridgehead atoms. The third kappa shape index (κ3) is 7.13. The Morgan fingerprint density at radius 2 is 2.19 bits per heavy atom. The van der Waals surface area contributed by atoms with Crippen LogP contribution in [-0.4, -0.2) is 33.8 Å². The van der Waals surface area contributed by atoms with Gasteiger partial charge in [-0.05, 0) is 27.2 Å². The van der Waals surface area contributed by atoms with Gasteiger partial charge in [0.15, 0.2) is 0 Å². The Morgan fingerprint density at radius 3 is 2.71 bits per heavy atom. The molecule has 0 aromatic carbocycles. The highest BCUT2D eigenvalue weighted by Crippen LogP contribution is 2.06. The number of carbonyl (C=O) groups is 1. The van der Waals surface area contributed by atoms with E-state index in [0.717, 1.165) is 25.1 Å². The smallest absolute Gasteiger partial charge is 0.407 e. The van der Waals surface area contributed by atoms with Crippen LogP contribution in [0.15, 0.2) is 12.5 Å². The van der Waals surface area contributed by atoms with Gasteiger partial charge in [0.1, 0.15) is 5.60 Å². The van der Waals surface area contributed by atoms with Crippen LogP contribution in [0.4, 0.5) is 4.79 Å². The van der Waals surface area contributed by atoms with Gasteiger partial charge in [-0.2, -0.15) is 0 Å². The summed E-state index contributed by atoms with van der Waals surface area (Å²) in [5.74, 6) is 0. The fourth-order valence-electron chi connectivity index (χ4n) is 1.95. The van der Waals surface area contributed by atoms with Gasteiger partial charge >= 0.3 is 6.09 Å². The number of rotatable bonds is 7. The Labute approximate surface area is 127 Å². The Hall–Kier alpha value is -1.56. The molecule has 1 amide bonds. The minimum absolute atomic E-state index is 0.220. The highest BCUT2D eigenvalue weighted by Gasteiger charge is 2.17. The maximum atomic E-state index is 11.7. The van der Waals surface area contributed by atoms with Gasteiger partial charge in [-0.1, -0.05) is 13.3 Å². The first-order valence-electron chi connectivity index (χ1n) is 7.47. The highest BCUT2D eigenvalue weighted by molar-refractivity contribution is 5.67. The minimum atomic E-state index is -0.466. The van der Waals surface area contributed by atoms with Crippen molar-refractivity contribution in [1.82, 2.24) is 20.2 Å². The van der Waals surface area contributed by atoms with Crippen LogP contribution < -0.4 is 10.6 Å². The molecule has 0 saturated heterocycles. The third-order valence-electron chi connectivity index (χ3n) is 3.02. The van der Waals surface area contributed by atoms with Crippen LogP contribution in [0.2, 0.25) is 0 Å². The van der Waals surface area contributed by atoms with Gasteiger partial charge in [0.05, 0.1) is 12.0 Å². The monoisotopic (exact) mass is 296 g/mol. The summed E-state index contributed by atoms with van der Waals surface area (Å²) in [6.07, 6.45) is 5.31. The number of hydrogen-bond donors (Lipinski definition) is 2. The van der Waals surface area contributed by atoms with Crippen LogP contribution in [0, 0.1) is 0 Å². The Bertz CT molecular complexity index is 437. The lowest BCUT2D eigenvalue weighted by Crippen LogP contribution is -2.42. The highest BCUT2D eigenvalue weighted by atomic mass is 16.6. The number of amides is 1. The molecule has 0 saturated carbocycles. The van der Waals surface area contributed by atoms with Crippen molar-refractivity contribution in [1.29, 1.82) is 0 Å². The first-order valence-corrected chi connectivity index (χ1v) is 7.47. The maximum absolute atomic E-state index is 11.7. The fraction of sp³-hybridized carbons (Fsp3) is 0.733. The Kier molecular flexibility index (Phi) is 6.68. The maximum Gasteiger partial charge on any atom is 0.407 e. The summed E-state index contributed by atoms with van der Waals surface area (Å²) in [5, 5.41) is 6.27. The zero-order chi connectivity index (χ0) is 15.9. The quantitative estimate of drug-likeness (QED) is 0.809. The van der Waals surface area contributed by atoms with E-state index in [1.165, 1.54) is 0 Å². The molecule has 1 rings (SSSR count). The number of aryl methyl sites for hydroxylation is 1. The first kappa shape index (κ1) is 17.5. The van der Waals surface area contributed by atoms with Crippen molar-refractivity contribution in [2.24, 2.45) is 7.05 Å². The summed E-state index contributed by atoms with van der Waals surface area (Å²) in [6, 6.07) is 0.220. The molecule has 0 aliphatic heterocycles. The van der Waals surface area contributed by atoms with E-state index in [1.807, 2.05) is 38.6 Å². The van der Waals surface area contributed by atoms with E-state index in [0.29, 0.717) is 6.54 Å². The van der Waals surface area contributed by atoms with Crippen molar-refractivity contribution in [3.8, 4) is 0 Å². The number of alkyl carbamates (subject to hydrolysis) is 1. The van der Waals surface area contributed by atoms with E-state index in [9.17, 15) is 4.79 Å². The second-order valence-corrected chi connectivity index (χ2v) is 6.25. The molecule has 6 nitrogen and oxygen atoms in total. The third-order valence-corrected chi connectivity index (χ3v) is 3.02. The summed E-state index contributed by atoms with van der Waals surface area (Å²) in [6.45, 7) is 8.99. The lowest BCUT2D eigenvalue weighted by atomic mass is 10.1. The lowest BCUT2D eigenvalue weighted by molar-refractivity contribution is 0.0521. The van der Waals surface area contributed by atoms with Gasteiger partial charge < -0.3 is 19.9 Å². The molecule has 21 heavy (non-hydrogen) atoms. The molecule has 0 fully saturated rings. The summed E-state index contributed by atoms with van der Waals surface area (Å²) in [4.78, 5) is 15.8. The topological polar surface area (TPSA) is 68.2 Å². The molecule has 1 atom stereocenters. The van der Waals surface area contributed by atoms with E-state index in [4.69, 9.17) is 4.74 Å². The number of ether oxygens (including phenoxy) is 1. The molecule has 1 aromatic rings. The van der Waals surface area contributed by atoms with Crippen molar-refractivity contribution in [2.75, 3.05) is 6.54 Å². The molecule has 1 aromatic heterocycles. The number of carbonyl (C=O) groups excluding carboxylic acids is 1. The molecule has 6 heteroatoms. The number of nitrogens with one attached hydrogen (secondary N) is 2. The first-order chi connectivity index (χ1) is 9.81. The summed E-state index contributed by atoms with van der Waals surface area (Å²) in [7, 11) is 1.97. The number of nitrogens with zero attached hydrogens (tertiary/aromatic N) is 2. The minimum Gasteiger partial charge on any atom is -0.444 e. The van der Waals surface area contributed by atoms with Crippen molar-refractivity contribution in [3.05, 3.63) is 18.2 Å². The number of aromatic nitrogens is 2. The van der Waals surface area contributed by atoms with Crippen LogP contribution in [-0.2, 0) is 18.3 Å². The zero-order valence-corrected chi connectivity index (χ0v) is 13.8. The van der Waals surface area contributed by atoms with Gasteiger partial charge in [0, 0.05) is 32.4 Å². The van der Waals surface area contributed by atoms with Crippen LogP contribution in [0.5, 0.6) is 0 Å². The van der Waals surface area contributed by atoms with Crippen LogP contribution >= 0.6 is 0 Å². The fourth-order valence-corrected chi connectivity index (χ4v) is 1.95. The molecular formula is C15H28N4O2. The summed E-state index contributed by atoms with van der Waals surface area (Å²) < 4.78 is 7.23. The molecule has 0 aliphatic carbocycles. The van der Waals surface area contributed by atoms with E-state index in [2.05, 4.69) is 22.5 Å².